The van der Waals surface area contributed by atoms with Crippen LogP contribution in [-0.2, 0) is 9.53 Å². The van der Waals surface area contributed by atoms with Gasteiger partial charge in [0.05, 0.1) is 13.2 Å². The van der Waals surface area contributed by atoms with Gasteiger partial charge in [-0.05, 0) is 13.0 Å². The lowest BCUT2D eigenvalue weighted by Gasteiger charge is -2.27. The fraction of sp³-hybridized carbons (Fsp3) is 0.909. The Bertz CT molecular complexity index is 205. The lowest BCUT2D eigenvalue weighted by Crippen LogP contribution is -2.39. The van der Waals surface area contributed by atoms with E-state index >= 15 is 0 Å². The molecule has 1 fully saturated rings. The Morgan fingerprint density at radius 1 is 1.44 bits per heavy atom. The molecular weight excluding hydrogens is 206 g/mol. The summed E-state index contributed by atoms with van der Waals surface area (Å²) in [6.45, 7) is 5.71. The molecule has 1 heterocycles. The van der Waals surface area contributed by atoms with Crippen LogP contribution in [0.25, 0.3) is 0 Å². The maximum Gasteiger partial charge on any atom is 0.223 e. The summed E-state index contributed by atoms with van der Waals surface area (Å²) in [6, 6.07) is 0. The Kier molecular flexibility index (Phi) is 6.37. The fourth-order valence-electron chi connectivity index (χ4n) is 1.72. The normalized spacial score (nSPS) is 17.4. The number of carbonyl (C=O) groups is 1. The van der Waals surface area contributed by atoms with E-state index in [0.717, 1.165) is 45.8 Å². The van der Waals surface area contributed by atoms with Crippen molar-refractivity contribution in [1.29, 1.82) is 0 Å². The summed E-state index contributed by atoms with van der Waals surface area (Å²) in [7, 11) is 1.84. The molecule has 0 aromatic heterocycles. The number of amides is 1. The molecular formula is C11H23N3O2. The van der Waals surface area contributed by atoms with Crippen molar-refractivity contribution in [3.63, 3.8) is 0 Å². The molecule has 0 atom stereocenters. The fourth-order valence-corrected chi connectivity index (χ4v) is 1.72. The van der Waals surface area contributed by atoms with Gasteiger partial charge in [0.25, 0.3) is 0 Å². The number of carbonyl (C=O) groups excluding carboxylic acids is 1. The number of nitrogens with zero attached hydrogens (tertiary/aromatic N) is 2. The van der Waals surface area contributed by atoms with E-state index in [2.05, 4.69) is 4.90 Å². The van der Waals surface area contributed by atoms with Crippen LogP contribution in [0.3, 0.4) is 0 Å². The molecule has 1 saturated heterocycles. The molecule has 1 rings (SSSR count). The van der Waals surface area contributed by atoms with Crippen LogP contribution in [0, 0.1) is 0 Å². The maximum atomic E-state index is 11.7. The van der Waals surface area contributed by atoms with Gasteiger partial charge in [-0.1, -0.05) is 0 Å². The van der Waals surface area contributed by atoms with Gasteiger partial charge in [0, 0.05) is 39.6 Å². The van der Waals surface area contributed by atoms with Crippen LogP contribution in [0.15, 0.2) is 0 Å². The minimum absolute atomic E-state index is 0.208. The van der Waals surface area contributed by atoms with Crippen molar-refractivity contribution >= 4 is 5.91 Å². The molecule has 0 unspecified atom stereocenters. The summed E-state index contributed by atoms with van der Waals surface area (Å²) in [6.07, 6.45) is 1.47. The zero-order chi connectivity index (χ0) is 11.8. The largest absolute Gasteiger partial charge is 0.379 e. The predicted octanol–water partition coefficient (Wildman–Crippen LogP) is -0.484. The first-order valence-electron chi connectivity index (χ1n) is 5.98. The highest BCUT2D eigenvalue weighted by Gasteiger charge is 2.13. The molecule has 1 amide bonds. The lowest BCUT2D eigenvalue weighted by atomic mass is 10.3. The molecule has 1 aliphatic rings. The zero-order valence-electron chi connectivity index (χ0n) is 10.2. The SMILES string of the molecule is CN(CCCN)C(=O)CCN1CCOCC1. The van der Waals surface area contributed by atoms with E-state index in [0.29, 0.717) is 13.0 Å². The summed E-state index contributed by atoms with van der Waals surface area (Å²) >= 11 is 0. The molecule has 94 valence electrons. The minimum Gasteiger partial charge on any atom is -0.379 e. The Labute approximate surface area is 97.5 Å². The molecule has 0 bridgehead atoms. The van der Waals surface area contributed by atoms with Crippen molar-refractivity contribution in [2.75, 3.05) is 53.0 Å². The second-order valence-electron chi connectivity index (χ2n) is 4.16. The Morgan fingerprint density at radius 2 is 2.12 bits per heavy atom. The first kappa shape index (κ1) is 13.4. The molecule has 1 aliphatic heterocycles. The van der Waals surface area contributed by atoms with Crippen molar-refractivity contribution in [3.05, 3.63) is 0 Å². The van der Waals surface area contributed by atoms with Crippen molar-refractivity contribution in [1.82, 2.24) is 9.80 Å². The number of hydrogen-bond donors (Lipinski definition) is 1. The third kappa shape index (κ3) is 4.92. The molecule has 0 saturated carbocycles. The molecule has 16 heavy (non-hydrogen) atoms. The first-order chi connectivity index (χ1) is 7.74. The second kappa shape index (κ2) is 7.60. The van der Waals surface area contributed by atoms with Gasteiger partial charge in [-0.15, -0.1) is 0 Å². The third-order valence-electron chi connectivity index (χ3n) is 2.87. The van der Waals surface area contributed by atoms with Gasteiger partial charge in [0.1, 0.15) is 0 Å². The average Bonchev–Trinajstić information content (AvgIpc) is 2.34. The van der Waals surface area contributed by atoms with E-state index in [1.165, 1.54) is 0 Å². The quantitative estimate of drug-likeness (QED) is 0.668. The maximum absolute atomic E-state index is 11.7. The van der Waals surface area contributed by atoms with E-state index in [1.54, 1.807) is 4.90 Å². The number of rotatable bonds is 6. The van der Waals surface area contributed by atoms with Gasteiger partial charge >= 0.3 is 0 Å². The highest BCUT2D eigenvalue weighted by molar-refractivity contribution is 5.76. The van der Waals surface area contributed by atoms with Crippen molar-refractivity contribution in [2.24, 2.45) is 5.73 Å². The smallest absolute Gasteiger partial charge is 0.223 e. The highest BCUT2D eigenvalue weighted by atomic mass is 16.5. The molecule has 0 aromatic carbocycles. The van der Waals surface area contributed by atoms with Gasteiger partial charge < -0.3 is 15.4 Å². The average molecular weight is 229 g/mol. The molecule has 0 aliphatic carbocycles. The lowest BCUT2D eigenvalue weighted by molar-refractivity contribution is -0.130. The summed E-state index contributed by atoms with van der Waals surface area (Å²) in [5.41, 5.74) is 5.41. The van der Waals surface area contributed by atoms with E-state index in [9.17, 15) is 4.79 Å². The highest BCUT2D eigenvalue weighted by Crippen LogP contribution is 2.00. The topological polar surface area (TPSA) is 58.8 Å². The van der Waals surface area contributed by atoms with Crippen LogP contribution >= 0.6 is 0 Å². The number of hydrogen-bond acceptors (Lipinski definition) is 4. The summed E-state index contributed by atoms with van der Waals surface area (Å²) in [5, 5.41) is 0. The molecule has 2 N–H and O–H groups in total. The molecule has 5 nitrogen and oxygen atoms in total. The van der Waals surface area contributed by atoms with Crippen LogP contribution in [0.5, 0.6) is 0 Å². The van der Waals surface area contributed by atoms with Crippen molar-refractivity contribution < 1.29 is 9.53 Å². The molecule has 0 spiro atoms. The number of morpholine rings is 1. The van der Waals surface area contributed by atoms with Gasteiger partial charge in [-0.2, -0.15) is 0 Å². The predicted molar refractivity (Wildman–Crippen MR) is 63.2 cm³/mol. The second-order valence-corrected chi connectivity index (χ2v) is 4.16. The Hall–Kier alpha value is -0.650. The summed E-state index contributed by atoms with van der Waals surface area (Å²) < 4.78 is 5.26. The van der Waals surface area contributed by atoms with Crippen LogP contribution in [-0.4, -0.2) is 68.7 Å². The van der Waals surface area contributed by atoms with Crippen molar-refractivity contribution in [2.45, 2.75) is 12.8 Å². The Balaban J connectivity index is 2.12. The number of ether oxygens (including phenoxy) is 1. The van der Waals surface area contributed by atoms with Crippen LogP contribution in [0.1, 0.15) is 12.8 Å². The van der Waals surface area contributed by atoms with E-state index in [4.69, 9.17) is 10.5 Å². The van der Waals surface area contributed by atoms with Gasteiger partial charge in [-0.3, -0.25) is 9.69 Å². The zero-order valence-corrected chi connectivity index (χ0v) is 10.2. The third-order valence-corrected chi connectivity index (χ3v) is 2.87. The van der Waals surface area contributed by atoms with Gasteiger partial charge in [0.15, 0.2) is 0 Å². The van der Waals surface area contributed by atoms with E-state index in [-0.39, 0.29) is 5.91 Å². The van der Waals surface area contributed by atoms with Crippen LogP contribution < -0.4 is 5.73 Å². The van der Waals surface area contributed by atoms with E-state index < -0.39 is 0 Å². The van der Waals surface area contributed by atoms with Gasteiger partial charge in [0.2, 0.25) is 5.91 Å². The summed E-state index contributed by atoms with van der Waals surface area (Å²) in [5.74, 6) is 0.208. The molecule has 0 aromatic rings. The number of nitrogens with two attached hydrogens (primary N) is 1. The Morgan fingerprint density at radius 3 is 2.75 bits per heavy atom. The minimum atomic E-state index is 0.208. The monoisotopic (exact) mass is 229 g/mol. The molecule has 0 radical (unpaired) electrons. The molecule has 5 heteroatoms. The summed E-state index contributed by atoms with van der Waals surface area (Å²) in [4.78, 5) is 15.8. The van der Waals surface area contributed by atoms with E-state index in [1.807, 2.05) is 7.05 Å². The van der Waals surface area contributed by atoms with Crippen LogP contribution in [0.4, 0.5) is 0 Å². The van der Waals surface area contributed by atoms with Crippen molar-refractivity contribution in [3.8, 4) is 0 Å². The standard InChI is InChI=1S/C11H23N3O2/c1-13(5-2-4-12)11(15)3-6-14-7-9-16-10-8-14/h2-10,12H2,1H3. The van der Waals surface area contributed by atoms with Crippen LogP contribution in [0.2, 0.25) is 0 Å². The first-order valence-corrected chi connectivity index (χ1v) is 5.98. The van der Waals surface area contributed by atoms with Gasteiger partial charge in [-0.25, -0.2) is 0 Å².